The monoisotopic (exact) mass is 298 g/mol. The average Bonchev–Trinajstić information content (AvgIpc) is 2.43. The number of primary amides is 1. The minimum atomic E-state index is -1.31. The third kappa shape index (κ3) is 3.56. The summed E-state index contributed by atoms with van der Waals surface area (Å²) in [4.78, 5) is 23.7. The summed E-state index contributed by atoms with van der Waals surface area (Å²) in [6.07, 6.45) is 0. The number of aliphatic hydroxyl groups excluding tert-OH is 1. The van der Waals surface area contributed by atoms with Crippen molar-refractivity contribution >= 4 is 34.2 Å². The zero-order valence-corrected chi connectivity index (χ0v) is 10.8. The smallest absolute Gasteiger partial charge is 0.358 e. The predicted octanol–water partition coefficient (Wildman–Crippen LogP) is 0.756. The van der Waals surface area contributed by atoms with E-state index in [1.54, 1.807) is 24.3 Å². The number of halogens is 1. The first kappa shape index (κ1) is 15.7. The highest BCUT2D eigenvalue weighted by Gasteiger charge is 2.16. The molecule has 20 heavy (non-hydrogen) atoms. The fraction of sp³-hybridized carbons (Fsp3) is 0.0833. The molecule has 7 nitrogen and oxygen atoms in total. The molecule has 0 aliphatic carbocycles. The Morgan fingerprint density at radius 1 is 1.25 bits per heavy atom. The summed E-state index contributed by atoms with van der Waals surface area (Å²) in [5.41, 5.74) is 3.97. The van der Waals surface area contributed by atoms with Crippen LogP contribution in [-0.2, 0) is 4.79 Å². The summed E-state index contributed by atoms with van der Waals surface area (Å²) in [5, 5.41) is 27.1. The number of aromatic hydroxyl groups is 1. The lowest BCUT2D eigenvalue weighted by Gasteiger charge is -2.05. The first-order valence-electron chi connectivity index (χ1n) is 5.28. The molecule has 0 aliphatic rings. The van der Waals surface area contributed by atoms with E-state index in [-0.39, 0.29) is 10.9 Å². The number of nitrogens with zero attached hydrogens (tertiary/aromatic N) is 1. The molecule has 1 heterocycles. The molecule has 0 aliphatic heterocycles. The molecule has 106 valence electrons. The molecule has 0 unspecified atom stereocenters. The lowest BCUT2D eigenvalue weighted by Crippen LogP contribution is -2.14. The number of carboxylic acid groups (broad SMARTS) is 1. The van der Waals surface area contributed by atoms with Crippen molar-refractivity contribution in [2.45, 2.75) is 0 Å². The maximum absolute atomic E-state index is 10.7. The van der Waals surface area contributed by atoms with Crippen LogP contribution in [-0.4, -0.2) is 38.8 Å². The van der Waals surface area contributed by atoms with Crippen molar-refractivity contribution in [2.24, 2.45) is 5.73 Å². The Balaban J connectivity index is 0.000000347. The number of aromatic carboxylic acids is 1. The highest BCUT2D eigenvalue weighted by molar-refractivity contribution is 6.34. The number of hydrogen-bond acceptors (Lipinski definition) is 5. The summed E-state index contributed by atoms with van der Waals surface area (Å²) < 4.78 is 0. The lowest BCUT2D eigenvalue weighted by molar-refractivity contribution is -0.120. The van der Waals surface area contributed by atoms with E-state index in [0.717, 1.165) is 0 Å². The quantitative estimate of drug-likeness (QED) is 0.605. The summed E-state index contributed by atoms with van der Waals surface area (Å²) in [7, 11) is 0. The molecule has 0 spiro atoms. The molecule has 0 atom stereocenters. The molecule has 0 radical (unpaired) electrons. The van der Waals surface area contributed by atoms with Gasteiger partial charge in [-0.15, -0.1) is 0 Å². The molecule has 2 aromatic rings. The van der Waals surface area contributed by atoms with E-state index in [0.29, 0.717) is 10.8 Å². The number of carbonyl (C=O) groups excluding carboxylic acids is 1. The number of aromatic nitrogens is 1. The third-order valence-electron chi connectivity index (χ3n) is 2.20. The van der Waals surface area contributed by atoms with Crippen molar-refractivity contribution in [1.82, 2.24) is 4.98 Å². The fourth-order valence-electron chi connectivity index (χ4n) is 1.36. The fourth-order valence-corrected chi connectivity index (χ4v) is 1.61. The van der Waals surface area contributed by atoms with Crippen LogP contribution >= 0.6 is 11.6 Å². The molecule has 1 aromatic carbocycles. The number of amides is 1. The van der Waals surface area contributed by atoms with Crippen LogP contribution in [0, 0.1) is 0 Å². The van der Waals surface area contributed by atoms with Gasteiger partial charge in [0.25, 0.3) is 0 Å². The van der Waals surface area contributed by atoms with Crippen LogP contribution in [0.15, 0.2) is 24.3 Å². The first-order chi connectivity index (χ1) is 9.38. The normalized spacial score (nSPS) is 9.70. The molecule has 1 amide bonds. The SMILES string of the molecule is NC(=O)CO.O=C(O)c1nc(Cl)c2ccccc2c1O. The second-order valence-electron chi connectivity index (χ2n) is 3.57. The maximum atomic E-state index is 10.7. The van der Waals surface area contributed by atoms with E-state index in [1.807, 2.05) is 0 Å². The van der Waals surface area contributed by atoms with Gasteiger partial charge in [-0.1, -0.05) is 35.9 Å². The predicted molar refractivity (Wildman–Crippen MR) is 71.7 cm³/mol. The third-order valence-corrected chi connectivity index (χ3v) is 2.49. The van der Waals surface area contributed by atoms with Crippen LogP contribution in [0.1, 0.15) is 10.5 Å². The number of pyridine rings is 1. The van der Waals surface area contributed by atoms with Gasteiger partial charge in [-0.3, -0.25) is 4.79 Å². The van der Waals surface area contributed by atoms with Crippen LogP contribution in [0.2, 0.25) is 5.15 Å². The van der Waals surface area contributed by atoms with Gasteiger partial charge in [-0.2, -0.15) is 0 Å². The second-order valence-corrected chi connectivity index (χ2v) is 3.93. The molecule has 0 saturated heterocycles. The van der Waals surface area contributed by atoms with Gasteiger partial charge in [0, 0.05) is 10.8 Å². The van der Waals surface area contributed by atoms with Gasteiger partial charge in [0.15, 0.2) is 11.4 Å². The Labute approximate surface area is 118 Å². The highest BCUT2D eigenvalue weighted by atomic mass is 35.5. The Morgan fingerprint density at radius 2 is 1.75 bits per heavy atom. The Hall–Kier alpha value is -2.38. The van der Waals surface area contributed by atoms with Crippen molar-refractivity contribution in [3.8, 4) is 5.75 Å². The van der Waals surface area contributed by atoms with Crippen molar-refractivity contribution in [1.29, 1.82) is 0 Å². The average molecular weight is 299 g/mol. The molecule has 8 heteroatoms. The first-order valence-corrected chi connectivity index (χ1v) is 5.66. The number of nitrogens with two attached hydrogens (primary N) is 1. The molecule has 0 fully saturated rings. The van der Waals surface area contributed by atoms with E-state index in [1.165, 1.54) is 0 Å². The van der Waals surface area contributed by atoms with Gasteiger partial charge in [0.2, 0.25) is 5.91 Å². The summed E-state index contributed by atoms with van der Waals surface area (Å²) in [6, 6.07) is 6.67. The topological polar surface area (TPSA) is 134 Å². The number of hydrogen-bond donors (Lipinski definition) is 4. The Kier molecular flexibility index (Phi) is 5.24. The van der Waals surface area contributed by atoms with E-state index in [2.05, 4.69) is 10.7 Å². The van der Waals surface area contributed by atoms with Gasteiger partial charge in [-0.05, 0) is 0 Å². The van der Waals surface area contributed by atoms with Crippen molar-refractivity contribution in [3.63, 3.8) is 0 Å². The van der Waals surface area contributed by atoms with Crippen LogP contribution in [0.25, 0.3) is 10.8 Å². The zero-order chi connectivity index (χ0) is 15.3. The minimum absolute atomic E-state index is 0.0702. The van der Waals surface area contributed by atoms with Crippen molar-refractivity contribution in [3.05, 3.63) is 35.1 Å². The molecule has 2 rings (SSSR count). The van der Waals surface area contributed by atoms with E-state index < -0.39 is 24.2 Å². The van der Waals surface area contributed by atoms with Gasteiger partial charge in [0.1, 0.15) is 11.8 Å². The van der Waals surface area contributed by atoms with Gasteiger partial charge >= 0.3 is 5.97 Å². The minimum Gasteiger partial charge on any atom is -0.505 e. The van der Waals surface area contributed by atoms with Gasteiger partial charge < -0.3 is 21.1 Å². The van der Waals surface area contributed by atoms with Crippen LogP contribution < -0.4 is 5.73 Å². The summed E-state index contributed by atoms with van der Waals surface area (Å²) in [5.74, 6) is -2.35. The molecule has 0 bridgehead atoms. The van der Waals surface area contributed by atoms with E-state index in [4.69, 9.17) is 21.8 Å². The van der Waals surface area contributed by atoms with Crippen molar-refractivity contribution in [2.75, 3.05) is 6.61 Å². The van der Waals surface area contributed by atoms with Gasteiger partial charge in [-0.25, -0.2) is 9.78 Å². The Morgan fingerprint density at radius 3 is 2.20 bits per heavy atom. The van der Waals surface area contributed by atoms with E-state index in [9.17, 15) is 14.7 Å². The largest absolute Gasteiger partial charge is 0.505 e. The number of carbonyl (C=O) groups is 2. The van der Waals surface area contributed by atoms with Crippen LogP contribution in [0.3, 0.4) is 0 Å². The standard InChI is InChI=1S/C10H6ClNO3.C2H5NO2/c11-9-6-4-2-1-3-5(6)8(13)7(12-9)10(14)15;3-2(5)1-4/h1-4,13H,(H,14,15);4H,1H2,(H2,3,5). The van der Waals surface area contributed by atoms with Crippen LogP contribution in [0.5, 0.6) is 5.75 Å². The molecular formula is C12H11ClN2O5. The number of rotatable bonds is 2. The van der Waals surface area contributed by atoms with Crippen LogP contribution in [0.4, 0.5) is 0 Å². The number of carboxylic acids is 1. The molecule has 1 aromatic heterocycles. The van der Waals surface area contributed by atoms with Gasteiger partial charge in [0.05, 0.1) is 0 Å². The van der Waals surface area contributed by atoms with Crippen molar-refractivity contribution < 1.29 is 24.9 Å². The molecule has 0 saturated carbocycles. The van der Waals surface area contributed by atoms with E-state index >= 15 is 0 Å². The number of aliphatic hydroxyl groups is 1. The second kappa shape index (κ2) is 6.69. The number of fused-ring (bicyclic) bond motifs is 1. The Bertz CT molecular complexity index is 660. The molecule has 5 N–H and O–H groups in total. The lowest BCUT2D eigenvalue weighted by atomic mass is 10.1. The summed E-state index contributed by atoms with van der Waals surface area (Å²) >= 11 is 5.79. The number of benzene rings is 1. The maximum Gasteiger partial charge on any atom is 0.358 e. The molecular weight excluding hydrogens is 288 g/mol. The summed E-state index contributed by atoms with van der Waals surface area (Å²) in [6.45, 7) is -0.556. The highest BCUT2D eigenvalue weighted by Crippen LogP contribution is 2.31. The zero-order valence-electron chi connectivity index (χ0n) is 10.1.